The van der Waals surface area contributed by atoms with Crippen molar-refractivity contribution in [2.75, 3.05) is 6.61 Å². The molecule has 188 valence electrons. The van der Waals surface area contributed by atoms with Crippen molar-refractivity contribution in [3.8, 4) is 0 Å². The number of ether oxygens (including phenoxy) is 4. The summed E-state index contributed by atoms with van der Waals surface area (Å²) in [4.78, 5) is 60.9. The van der Waals surface area contributed by atoms with Gasteiger partial charge in [-0.2, -0.15) is 0 Å². The topological polar surface area (TPSA) is 149 Å². The Hall–Kier alpha value is -3.71. The fraction of sp³-hybridized carbons (Fsp3) is 0.348. The highest BCUT2D eigenvalue weighted by Crippen LogP contribution is 2.36. The highest BCUT2D eigenvalue weighted by Gasteiger charge is 2.51. The molecule has 0 amide bonds. The van der Waals surface area contributed by atoms with Gasteiger partial charge in [0.25, 0.3) is 0 Å². The van der Waals surface area contributed by atoms with Crippen LogP contribution in [0.1, 0.15) is 43.1 Å². The number of benzene rings is 1. The minimum Gasteiger partial charge on any atom is -0.463 e. The molecule has 0 spiro atoms. The Balaban J connectivity index is 1.74. The lowest BCUT2D eigenvalue weighted by Crippen LogP contribution is -2.40. The van der Waals surface area contributed by atoms with Crippen molar-refractivity contribution in [3.05, 3.63) is 52.7 Å². The molecule has 1 fully saturated rings. The summed E-state index contributed by atoms with van der Waals surface area (Å²) in [6, 6.07) is 6.77. The van der Waals surface area contributed by atoms with Crippen LogP contribution in [0.2, 0.25) is 0 Å². The number of esters is 3. The molecule has 0 unspecified atom stereocenters. The maximum atomic E-state index is 13.1. The molecule has 0 radical (unpaired) electrons. The molecule has 3 heterocycles. The minimum atomic E-state index is -1.12. The molecular formula is C23H21BrN4O8. The first-order chi connectivity index (χ1) is 17.2. The van der Waals surface area contributed by atoms with E-state index in [9.17, 15) is 19.2 Å². The first kappa shape index (κ1) is 25.4. The number of fused-ring (bicyclic) bond motifs is 1. The Bertz CT molecular complexity index is 1330. The van der Waals surface area contributed by atoms with Crippen LogP contribution in [0.3, 0.4) is 0 Å². The van der Waals surface area contributed by atoms with Gasteiger partial charge < -0.3 is 18.9 Å². The van der Waals surface area contributed by atoms with Crippen molar-refractivity contribution in [2.45, 2.75) is 45.3 Å². The second-order valence-corrected chi connectivity index (χ2v) is 8.81. The van der Waals surface area contributed by atoms with Crippen LogP contribution in [0.15, 0.2) is 41.4 Å². The van der Waals surface area contributed by atoms with Crippen molar-refractivity contribution in [2.24, 2.45) is 0 Å². The monoisotopic (exact) mass is 560 g/mol. The van der Waals surface area contributed by atoms with Gasteiger partial charge >= 0.3 is 17.9 Å². The van der Waals surface area contributed by atoms with E-state index in [4.69, 9.17) is 18.9 Å². The minimum absolute atomic E-state index is 0.0658. The molecule has 2 aromatic heterocycles. The lowest BCUT2D eigenvalue weighted by Gasteiger charge is -2.23. The standard InChI is InChI=1S/C23H21BrN4O8/c1-11(29)33-8-16-20(34-12(2)30)21(35-13(3)31)23(36-16)28-10-27-18-17(25-9-26-22(18)28)19(32)14-4-6-15(24)7-5-14/h4-7,9-10,16,20-21,23H,8H2,1-3H3/t16-,20-,21-,23-/m1/s1. The van der Waals surface area contributed by atoms with Crippen LogP contribution in [0.5, 0.6) is 0 Å². The predicted octanol–water partition coefficient (Wildman–Crippen LogP) is 2.14. The van der Waals surface area contributed by atoms with Crippen LogP contribution in [-0.2, 0) is 33.3 Å². The molecular weight excluding hydrogens is 540 g/mol. The summed E-state index contributed by atoms with van der Waals surface area (Å²) in [5.74, 6) is -2.22. The van der Waals surface area contributed by atoms with Gasteiger partial charge in [0, 0.05) is 30.8 Å². The molecule has 36 heavy (non-hydrogen) atoms. The number of hydrogen-bond donors (Lipinski definition) is 0. The summed E-state index contributed by atoms with van der Waals surface area (Å²) in [7, 11) is 0. The average Bonchev–Trinajstić information content (AvgIpc) is 3.38. The van der Waals surface area contributed by atoms with Crippen molar-refractivity contribution in [1.82, 2.24) is 19.5 Å². The zero-order chi connectivity index (χ0) is 26.0. The van der Waals surface area contributed by atoms with Crippen molar-refractivity contribution < 1.29 is 38.1 Å². The summed E-state index contributed by atoms with van der Waals surface area (Å²) in [5, 5.41) is 0. The summed E-state index contributed by atoms with van der Waals surface area (Å²) in [6.07, 6.45) is -1.64. The summed E-state index contributed by atoms with van der Waals surface area (Å²) in [5.41, 5.74) is 0.889. The molecule has 12 nitrogen and oxygen atoms in total. The first-order valence-corrected chi connectivity index (χ1v) is 11.6. The van der Waals surface area contributed by atoms with Crippen LogP contribution in [0.25, 0.3) is 11.2 Å². The molecule has 1 aromatic carbocycles. The Morgan fingerprint density at radius 3 is 2.25 bits per heavy atom. The number of aromatic nitrogens is 4. The van der Waals surface area contributed by atoms with E-state index in [-0.39, 0.29) is 29.2 Å². The molecule has 3 aromatic rings. The van der Waals surface area contributed by atoms with E-state index >= 15 is 0 Å². The molecule has 13 heteroatoms. The smallest absolute Gasteiger partial charge is 0.303 e. The van der Waals surface area contributed by atoms with Crippen LogP contribution in [0, 0.1) is 0 Å². The Morgan fingerprint density at radius 1 is 0.944 bits per heavy atom. The maximum absolute atomic E-state index is 13.1. The normalized spacial score (nSPS) is 21.2. The van der Waals surface area contributed by atoms with Crippen molar-refractivity contribution in [1.29, 1.82) is 0 Å². The molecule has 1 aliphatic heterocycles. The third kappa shape index (κ3) is 5.26. The van der Waals surface area contributed by atoms with Gasteiger partial charge in [-0.1, -0.05) is 15.9 Å². The summed E-state index contributed by atoms with van der Waals surface area (Å²) in [6.45, 7) is 3.36. The zero-order valence-corrected chi connectivity index (χ0v) is 21.0. The predicted molar refractivity (Wildman–Crippen MR) is 125 cm³/mol. The number of imidazole rings is 1. The molecule has 0 saturated carbocycles. The fourth-order valence-electron chi connectivity index (χ4n) is 3.86. The Labute approximate surface area is 213 Å². The Kier molecular flexibility index (Phi) is 7.40. The molecule has 0 aliphatic carbocycles. The molecule has 4 atom stereocenters. The average molecular weight is 561 g/mol. The third-order valence-corrected chi connectivity index (χ3v) is 5.82. The number of hydrogen-bond acceptors (Lipinski definition) is 11. The maximum Gasteiger partial charge on any atom is 0.303 e. The molecule has 0 bridgehead atoms. The number of halogens is 1. The first-order valence-electron chi connectivity index (χ1n) is 10.8. The quantitative estimate of drug-likeness (QED) is 0.237. The van der Waals surface area contributed by atoms with Crippen LogP contribution in [-0.4, -0.2) is 68.1 Å². The van der Waals surface area contributed by atoms with Gasteiger partial charge in [-0.25, -0.2) is 15.0 Å². The second kappa shape index (κ2) is 10.5. The second-order valence-electron chi connectivity index (χ2n) is 7.90. The van der Waals surface area contributed by atoms with Gasteiger partial charge in [-0.15, -0.1) is 0 Å². The van der Waals surface area contributed by atoms with E-state index in [1.165, 1.54) is 38.0 Å². The number of nitrogens with zero attached hydrogens (tertiary/aromatic N) is 4. The van der Waals surface area contributed by atoms with Gasteiger partial charge in [0.2, 0.25) is 5.78 Å². The van der Waals surface area contributed by atoms with Crippen LogP contribution in [0.4, 0.5) is 0 Å². The van der Waals surface area contributed by atoms with E-state index in [1.807, 2.05) is 0 Å². The van der Waals surface area contributed by atoms with E-state index in [2.05, 4.69) is 30.9 Å². The van der Waals surface area contributed by atoms with Gasteiger partial charge in [0.05, 0.1) is 6.33 Å². The number of carbonyl (C=O) groups is 4. The van der Waals surface area contributed by atoms with E-state index in [1.54, 1.807) is 24.3 Å². The number of rotatable bonds is 7. The fourth-order valence-corrected chi connectivity index (χ4v) is 4.12. The van der Waals surface area contributed by atoms with Gasteiger partial charge in [-0.05, 0) is 24.3 Å². The van der Waals surface area contributed by atoms with Crippen LogP contribution >= 0.6 is 15.9 Å². The highest BCUT2D eigenvalue weighted by molar-refractivity contribution is 9.10. The SMILES string of the molecule is CC(=O)OC[C@H]1O[C@@H](n2cnc3c(C(=O)c4ccc(Br)cc4)ncnc32)[C@H](OC(C)=O)[C@@H]1OC(C)=O. The molecule has 1 aliphatic rings. The van der Waals surface area contributed by atoms with E-state index in [0.717, 1.165) is 4.47 Å². The van der Waals surface area contributed by atoms with E-state index in [0.29, 0.717) is 5.56 Å². The molecule has 4 rings (SSSR count). The lowest BCUT2D eigenvalue weighted by atomic mass is 10.1. The molecule has 1 saturated heterocycles. The van der Waals surface area contributed by atoms with Gasteiger partial charge in [0.15, 0.2) is 24.1 Å². The lowest BCUT2D eigenvalue weighted by molar-refractivity contribution is -0.166. The van der Waals surface area contributed by atoms with Crippen molar-refractivity contribution in [3.63, 3.8) is 0 Å². The zero-order valence-electron chi connectivity index (χ0n) is 19.4. The van der Waals surface area contributed by atoms with Gasteiger partial charge in [0.1, 0.15) is 30.2 Å². The Morgan fingerprint density at radius 2 is 1.61 bits per heavy atom. The summed E-state index contributed by atoms with van der Waals surface area (Å²) >= 11 is 3.34. The van der Waals surface area contributed by atoms with E-state index < -0.39 is 42.4 Å². The van der Waals surface area contributed by atoms with Crippen LogP contribution < -0.4 is 0 Å². The largest absolute Gasteiger partial charge is 0.463 e. The highest BCUT2D eigenvalue weighted by atomic mass is 79.9. The number of ketones is 1. The molecule has 0 N–H and O–H groups in total. The summed E-state index contributed by atoms with van der Waals surface area (Å²) < 4.78 is 24.2. The van der Waals surface area contributed by atoms with Gasteiger partial charge in [-0.3, -0.25) is 23.7 Å². The third-order valence-electron chi connectivity index (χ3n) is 5.29. The number of carbonyl (C=O) groups excluding carboxylic acids is 4. The van der Waals surface area contributed by atoms with Crippen molar-refractivity contribution >= 4 is 50.8 Å².